The Kier molecular flexibility index (Phi) is 3.66. The average Bonchev–Trinajstić information content (AvgIpc) is 2.93. The number of carbonyl (C=O) groups excluding carboxylic acids is 1. The van der Waals surface area contributed by atoms with Crippen LogP contribution < -0.4 is 0 Å². The van der Waals surface area contributed by atoms with E-state index in [4.69, 9.17) is 4.98 Å². The van der Waals surface area contributed by atoms with Crippen LogP contribution in [0.1, 0.15) is 46.9 Å². The van der Waals surface area contributed by atoms with Crippen LogP contribution in [0, 0.1) is 17.1 Å². The predicted molar refractivity (Wildman–Crippen MR) is 97.3 cm³/mol. The number of fused-ring (bicyclic) bond motifs is 3. The molecule has 0 atom stereocenters. The van der Waals surface area contributed by atoms with E-state index in [0.29, 0.717) is 39.2 Å². The van der Waals surface area contributed by atoms with E-state index in [0.717, 1.165) is 5.56 Å². The topological polar surface area (TPSA) is 53.8 Å². The second-order valence-electron chi connectivity index (χ2n) is 6.62. The molecule has 0 spiro atoms. The molecule has 0 saturated carbocycles. The number of aromatic nitrogens is 1. The Labute approximate surface area is 150 Å². The lowest BCUT2D eigenvalue weighted by molar-refractivity contribution is 0.104. The van der Waals surface area contributed by atoms with Gasteiger partial charge in [-0.25, -0.2) is 4.39 Å². The molecule has 0 amide bonds. The normalized spacial score (nSPS) is 12.0. The molecule has 26 heavy (non-hydrogen) atoms. The Morgan fingerprint density at radius 2 is 1.65 bits per heavy atom. The van der Waals surface area contributed by atoms with Crippen molar-refractivity contribution in [1.82, 2.24) is 4.98 Å². The number of benzene rings is 2. The van der Waals surface area contributed by atoms with E-state index in [2.05, 4.69) is 6.07 Å². The number of hydrogen-bond acceptors (Lipinski definition) is 3. The minimum absolute atomic E-state index is 0.0111. The van der Waals surface area contributed by atoms with Gasteiger partial charge in [-0.2, -0.15) is 5.26 Å². The van der Waals surface area contributed by atoms with E-state index in [9.17, 15) is 14.4 Å². The van der Waals surface area contributed by atoms with E-state index in [1.165, 1.54) is 12.1 Å². The molecule has 0 radical (unpaired) electrons. The monoisotopic (exact) mass is 342 g/mol. The fourth-order valence-corrected chi connectivity index (χ4v) is 3.48. The highest BCUT2D eigenvalue weighted by atomic mass is 19.1. The molecular formula is C22H15FN2O. The van der Waals surface area contributed by atoms with Crippen molar-refractivity contribution in [2.75, 3.05) is 0 Å². The van der Waals surface area contributed by atoms with Gasteiger partial charge in [-0.1, -0.05) is 50.2 Å². The first-order valence-electron chi connectivity index (χ1n) is 8.41. The summed E-state index contributed by atoms with van der Waals surface area (Å²) in [7, 11) is 0. The van der Waals surface area contributed by atoms with Gasteiger partial charge in [0.1, 0.15) is 11.9 Å². The summed E-state index contributed by atoms with van der Waals surface area (Å²) in [4.78, 5) is 17.8. The summed E-state index contributed by atoms with van der Waals surface area (Å²) in [6.07, 6.45) is 0. The highest BCUT2D eigenvalue weighted by Crippen LogP contribution is 2.43. The minimum atomic E-state index is -0.364. The molecule has 3 nitrogen and oxygen atoms in total. The van der Waals surface area contributed by atoms with E-state index in [-0.39, 0.29) is 17.5 Å². The van der Waals surface area contributed by atoms with Crippen LogP contribution in [0.4, 0.5) is 4.39 Å². The van der Waals surface area contributed by atoms with Gasteiger partial charge in [0.2, 0.25) is 0 Å². The summed E-state index contributed by atoms with van der Waals surface area (Å²) >= 11 is 0. The van der Waals surface area contributed by atoms with Crippen LogP contribution in [-0.4, -0.2) is 10.8 Å². The van der Waals surface area contributed by atoms with Crippen LogP contribution in [0.3, 0.4) is 0 Å². The number of halogens is 1. The van der Waals surface area contributed by atoms with Crippen molar-refractivity contribution in [1.29, 1.82) is 5.26 Å². The molecular weight excluding hydrogens is 327 g/mol. The Balaban J connectivity index is 2.14. The lowest BCUT2D eigenvalue weighted by Crippen LogP contribution is -2.07. The predicted octanol–water partition coefficient (Wildman–Crippen LogP) is 5.09. The zero-order valence-electron chi connectivity index (χ0n) is 14.4. The molecule has 0 fully saturated rings. The third-order valence-corrected chi connectivity index (χ3v) is 4.67. The maximum atomic E-state index is 13.4. The quantitative estimate of drug-likeness (QED) is 0.509. The molecule has 126 valence electrons. The number of pyridine rings is 1. The molecule has 1 aromatic heterocycles. The molecule has 1 aliphatic rings. The second-order valence-corrected chi connectivity index (χ2v) is 6.62. The highest BCUT2D eigenvalue weighted by molar-refractivity contribution is 6.24. The Morgan fingerprint density at radius 3 is 2.27 bits per heavy atom. The molecule has 4 heteroatoms. The molecule has 0 aliphatic heterocycles. The first kappa shape index (κ1) is 16.2. The fourth-order valence-electron chi connectivity index (χ4n) is 3.48. The molecule has 2 aromatic carbocycles. The van der Waals surface area contributed by atoms with Crippen LogP contribution in [0.5, 0.6) is 0 Å². The van der Waals surface area contributed by atoms with Crippen LogP contribution in [0.2, 0.25) is 0 Å². The highest BCUT2D eigenvalue weighted by Gasteiger charge is 2.34. The SMILES string of the molecule is CC(C)c1nc2c(c(-c3ccc(F)cc3)c1C#N)C(=O)c1ccccc1-2. The summed E-state index contributed by atoms with van der Waals surface area (Å²) in [5, 5.41) is 9.82. The molecule has 0 saturated heterocycles. The van der Waals surface area contributed by atoms with Gasteiger partial charge < -0.3 is 0 Å². The van der Waals surface area contributed by atoms with Crippen LogP contribution >= 0.6 is 0 Å². The maximum Gasteiger partial charge on any atom is 0.196 e. The van der Waals surface area contributed by atoms with Crippen molar-refractivity contribution < 1.29 is 9.18 Å². The van der Waals surface area contributed by atoms with E-state index >= 15 is 0 Å². The van der Waals surface area contributed by atoms with Crippen molar-refractivity contribution >= 4 is 5.78 Å². The third-order valence-electron chi connectivity index (χ3n) is 4.67. The molecule has 1 heterocycles. The number of nitriles is 1. The largest absolute Gasteiger partial charge is 0.288 e. The minimum Gasteiger partial charge on any atom is -0.288 e. The average molecular weight is 342 g/mol. The van der Waals surface area contributed by atoms with Crippen LogP contribution in [0.25, 0.3) is 22.4 Å². The molecule has 4 rings (SSSR count). The van der Waals surface area contributed by atoms with Gasteiger partial charge in [0.25, 0.3) is 0 Å². The van der Waals surface area contributed by atoms with E-state index < -0.39 is 0 Å². The Bertz CT molecular complexity index is 1090. The van der Waals surface area contributed by atoms with E-state index in [1.54, 1.807) is 18.2 Å². The summed E-state index contributed by atoms with van der Waals surface area (Å²) in [6.45, 7) is 3.93. The summed E-state index contributed by atoms with van der Waals surface area (Å²) < 4.78 is 13.4. The zero-order valence-corrected chi connectivity index (χ0v) is 14.4. The van der Waals surface area contributed by atoms with Gasteiger partial charge in [0.15, 0.2) is 5.78 Å². The van der Waals surface area contributed by atoms with Crippen molar-refractivity contribution in [2.45, 2.75) is 19.8 Å². The van der Waals surface area contributed by atoms with Gasteiger partial charge >= 0.3 is 0 Å². The number of rotatable bonds is 2. The molecule has 3 aromatic rings. The lowest BCUT2D eigenvalue weighted by Gasteiger charge is -2.16. The van der Waals surface area contributed by atoms with Gasteiger partial charge in [0.05, 0.1) is 22.5 Å². The first-order valence-corrected chi connectivity index (χ1v) is 8.41. The second kappa shape index (κ2) is 5.89. The van der Waals surface area contributed by atoms with Crippen LogP contribution in [0.15, 0.2) is 48.5 Å². The summed E-state index contributed by atoms with van der Waals surface area (Å²) in [5.74, 6) is -0.497. The number of hydrogen-bond donors (Lipinski definition) is 0. The van der Waals surface area contributed by atoms with E-state index in [1.807, 2.05) is 32.0 Å². The van der Waals surface area contributed by atoms with Gasteiger partial charge in [0, 0.05) is 16.7 Å². The number of carbonyl (C=O) groups is 1. The Hall–Kier alpha value is -3.32. The van der Waals surface area contributed by atoms with Crippen molar-refractivity contribution in [2.24, 2.45) is 0 Å². The van der Waals surface area contributed by atoms with Gasteiger partial charge in [-0.3, -0.25) is 9.78 Å². The molecule has 0 bridgehead atoms. The fraction of sp³-hybridized carbons (Fsp3) is 0.136. The lowest BCUT2D eigenvalue weighted by atomic mass is 9.89. The molecule has 1 aliphatic carbocycles. The Morgan fingerprint density at radius 1 is 1.00 bits per heavy atom. The number of nitrogens with zero attached hydrogens (tertiary/aromatic N) is 2. The standard InChI is InChI=1S/C22H15FN2O/c1-12(2)20-17(11-24)18(13-7-9-14(23)10-8-13)19-21(25-20)15-5-3-4-6-16(15)22(19)26/h3-10,12H,1-2H3. The summed E-state index contributed by atoms with van der Waals surface area (Å²) in [5.41, 5.74) is 4.62. The van der Waals surface area contributed by atoms with Gasteiger partial charge in [-0.15, -0.1) is 0 Å². The molecule has 0 N–H and O–H groups in total. The van der Waals surface area contributed by atoms with Crippen molar-refractivity contribution in [3.63, 3.8) is 0 Å². The number of ketones is 1. The van der Waals surface area contributed by atoms with Crippen molar-refractivity contribution in [3.8, 4) is 28.5 Å². The van der Waals surface area contributed by atoms with Crippen molar-refractivity contribution in [3.05, 3.63) is 76.7 Å². The van der Waals surface area contributed by atoms with Gasteiger partial charge in [-0.05, 0) is 23.6 Å². The maximum absolute atomic E-state index is 13.4. The zero-order chi connectivity index (χ0) is 18.4. The smallest absolute Gasteiger partial charge is 0.196 e. The summed E-state index contributed by atoms with van der Waals surface area (Å²) in [6, 6.07) is 15.4. The molecule has 0 unspecified atom stereocenters. The van der Waals surface area contributed by atoms with Crippen LogP contribution in [-0.2, 0) is 0 Å². The first-order chi connectivity index (χ1) is 12.5. The third kappa shape index (κ3) is 2.25.